The summed E-state index contributed by atoms with van der Waals surface area (Å²) < 4.78 is 4.17. The van der Waals surface area contributed by atoms with Crippen LogP contribution in [-0.2, 0) is 43.1 Å². The molecule has 0 aromatic carbocycles. The van der Waals surface area contributed by atoms with Crippen molar-refractivity contribution in [2.24, 2.45) is 5.41 Å². The maximum absolute atomic E-state index is 12.2. The molecule has 1 unspecified atom stereocenters. The van der Waals surface area contributed by atoms with Gasteiger partial charge in [-0.25, -0.2) is 4.79 Å². The molecule has 3 N–H and O–H groups in total. The Bertz CT molecular complexity index is 802. The Morgan fingerprint density at radius 1 is 1.07 bits per heavy atom. The standard InChI is InChI=1S/C14H14N4O10/c1-3-17-8(22)13(9(17)23)10(24)18(11(13)25)4-16-7(21)14(12(26)27,28-5-19)6(20)15-2/h5H,3-4H2,1-2H3,(H,15,20)(H,16,21)(H,26,27). The van der Waals surface area contributed by atoms with E-state index in [-0.39, 0.29) is 6.54 Å². The predicted octanol–water partition coefficient (Wildman–Crippen LogP) is -4.45. The number of hydrogen-bond donors (Lipinski definition) is 3. The van der Waals surface area contributed by atoms with Gasteiger partial charge in [-0.15, -0.1) is 0 Å². The average molecular weight is 398 g/mol. The first-order valence-corrected chi connectivity index (χ1v) is 7.67. The fourth-order valence-electron chi connectivity index (χ4n) is 2.85. The highest BCUT2D eigenvalue weighted by Gasteiger charge is 2.79. The predicted molar refractivity (Wildman–Crippen MR) is 81.3 cm³/mol. The monoisotopic (exact) mass is 398 g/mol. The molecule has 2 aliphatic heterocycles. The van der Waals surface area contributed by atoms with Crippen LogP contribution in [0.1, 0.15) is 6.92 Å². The molecule has 14 heteroatoms. The van der Waals surface area contributed by atoms with Crippen LogP contribution in [0.3, 0.4) is 0 Å². The first kappa shape index (κ1) is 20.5. The normalized spacial score (nSPS) is 19.4. The quantitative estimate of drug-likeness (QED) is 0.204. The maximum Gasteiger partial charge on any atom is 0.368 e. The number of rotatable bonds is 8. The second-order valence-corrected chi connectivity index (χ2v) is 5.59. The van der Waals surface area contributed by atoms with Gasteiger partial charge in [0.25, 0.3) is 47.3 Å². The van der Waals surface area contributed by atoms with Gasteiger partial charge in [-0.05, 0) is 6.92 Å². The minimum Gasteiger partial charge on any atom is -0.477 e. The molecule has 14 nitrogen and oxygen atoms in total. The van der Waals surface area contributed by atoms with Gasteiger partial charge in [-0.2, -0.15) is 0 Å². The van der Waals surface area contributed by atoms with Crippen molar-refractivity contribution < 1.29 is 48.2 Å². The van der Waals surface area contributed by atoms with Crippen molar-refractivity contribution in [2.75, 3.05) is 20.3 Å². The first-order valence-electron chi connectivity index (χ1n) is 7.67. The van der Waals surface area contributed by atoms with Crippen LogP contribution in [0.25, 0.3) is 0 Å². The second-order valence-electron chi connectivity index (χ2n) is 5.59. The van der Waals surface area contributed by atoms with Crippen molar-refractivity contribution in [3.8, 4) is 0 Å². The largest absolute Gasteiger partial charge is 0.477 e. The molecule has 1 atom stereocenters. The number of β-lactam (4-membered cyclic amide) rings is 4. The Labute approximate surface area is 155 Å². The summed E-state index contributed by atoms with van der Waals surface area (Å²) in [6.07, 6.45) is 0. The number of nitrogens with zero attached hydrogens (tertiary/aromatic N) is 2. The van der Waals surface area contributed by atoms with E-state index < -0.39 is 65.6 Å². The van der Waals surface area contributed by atoms with Gasteiger partial charge < -0.3 is 20.5 Å². The van der Waals surface area contributed by atoms with Gasteiger partial charge in [0, 0.05) is 13.6 Å². The zero-order valence-electron chi connectivity index (χ0n) is 14.5. The van der Waals surface area contributed by atoms with Crippen LogP contribution in [0.5, 0.6) is 0 Å². The molecule has 0 radical (unpaired) electrons. The molecule has 28 heavy (non-hydrogen) atoms. The second kappa shape index (κ2) is 6.71. The molecule has 0 aliphatic carbocycles. The summed E-state index contributed by atoms with van der Waals surface area (Å²) in [6.45, 7) is 0.0284. The molecular weight excluding hydrogens is 384 g/mol. The molecule has 0 aromatic rings. The Hall–Kier alpha value is -3.84. The van der Waals surface area contributed by atoms with Crippen molar-refractivity contribution in [3.63, 3.8) is 0 Å². The zero-order valence-corrected chi connectivity index (χ0v) is 14.5. The summed E-state index contributed by atoms with van der Waals surface area (Å²) in [7, 11) is 0.973. The summed E-state index contributed by atoms with van der Waals surface area (Å²) >= 11 is 0. The number of carbonyl (C=O) groups is 8. The van der Waals surface area contributed by atoms with Crippen LogP contribution in [0.2, 0.25) is 0 Å². The Morgan fingerprint density at radius 3 is 1.96 bits per heavy atom. The highest BCUT2D eigenvalue weighted by molar-refractivity contribution is 6.52. The smallest absolute Gasteiger partial charge is 0.368 e. The molecule has 2 aliphatic rings. The number of imide groups is 2. The van der Waals surface area contributed by atoms with E-state index in [0.717, 1.165) is 7.05 Å². The van der Waals surface area contributed by atoms with E-state index in [9.17, 15) is 43.5 Å². The van der Waals surface area contributed by atoms with Crippen molar-refractivity contribution >= 4 is 47.9 Å². The van der Waals surface area contributed by atoms with E-state index in [1.165, 1.54) is 6.92 Å². The minimum absolute atomic E-state index is 0.0347. The summed E-state index contributed by atoms with van der Waals surface area (Å²) in [5, 5.41) is 12.8. The molecule has 2 heterocycles. The summed E-state index contributed by atoms with van der Waals surface area (Å²) in [5.74, 6) is -9.71. The number of likely N-dealkylation sites (N-methyl/N-ethyl adjacent to an activating group) is 1. The number of hydrogen-bond acceptors (Lipinski definition) is 9. The third-order valence-corrected chi connectivity index (χ3v) is 4.37. The molecule has 1 spiro atoms. The molecule has 6 amide bonds. The number of carboxylic acid groups (broad SMARTS) is 1. The van der Waals surface area contributed by atoms with Gasteiger partial charge in [0.05, 0.1) is 0 Å². The fourth-order valence-corrected chi connectivity index (χ4v) is 2.85. The summed E-state index contributed by atoms with van der Waals surface area (Å²) in [6, 6.07) is 0. The average Bonchev–Trinajstić information content (AvgIpc) is 2.65. The van der Waals surface area contributed by atoms with E-state index >= 15 is 0 Å². The van der Waals surface area contributed by atoms with Crippen LogP contribution in [0.4, 0.5) is 0 Å². The van der Waals surface area contributed by atoms with E-state index in [1.54, 1.807) is 5.32 Å². The van der Waals surface area contributed by atoms with Crippen molar-refractivity contribution in [1.29, 1.82) is 0 Å². The zero-order chi connectivity index (χ0) is 21.4. The van der Waals surface area contributed by atoms with Gasteiger partial charge in [0.2, 0.25) is 0 Å². The summed E-state index contributed by atoms with van der Waals surface area (Å²) in [5.41, 5.74) is -5.78. The molecule has 2 fully saturated rings. The lowest BCUT2D eigenvalue weighted by atomic mass is 9.69. The number of amides is 6. The van der Waals surface area contributed by atoms with Crippen molar-refractivity contribution in [2.45, 2.75) is 12.5 Å². The van der Waals surface area contributed by atoms with Crippen LogP contribution in [-0.4, -0.2) is 88.7 Å². The van der Waals surface area contributed by atoms with Gasteiger partial charge >= 0.3 is 11.6 Å². The van der Waals surface area contributed by atoms with Crippen LogP contribution < -0.4 is 10.6 Å². The number of ether oxygens (including phenoxy) is 1. The molecule has 150 valence electrons. The first-order chi connectivity index (χ1) is 13.1. The number of aliphatic carboxylic acids is 1. The lowest BCUT2D eigenvalue weighted by molar-refractivity contribution is -0.199. The fraction of sp³-hybridized carbons (Fsp3) is 0.429. The Kier molecular flexibility index (Phi) is 4.91. The number of carbonyl (C=O) groups excluding carboxylic acids is 7. The lowest BCUT2D eigenvalue weighted by Gasteiger charge is -2.52. The van der Waals surface area contributed by atoms with Crippen LogP contribution in [0.15, 0.2) is 0 Å². The third kappa shape index (κ3) is 2.20. The molecule has 0 bridgehead atoms. The maximum atomic E-state index is 12.2. The highest BCUT2D eigenvalue weighted by Crippen LogP contribution is 2.44. The van der Waals surface area contributed by atoms with E-state index in [2.05, 4.69) is 4.74 Å². The van der Waals surface area contributed by atoms with E-state index in [4.69, 9.17) is 0 Å². The topological polar surface area (TPSA) is 197 Å². The molecule has 0 saturated carbocycles. The van der Waals surface area contributed by atoms with Gasteiger partial charge in [0.15, 0.2) is 0 Å². The van der Waals surface area contributed by atoms with Gasteiger partial charge in [-0.1, -0.05) is 0 Å². The number of likely N-dealkylation sites (tertiary alicyclic amines) is 2. The van der Waals surface area contributed by atoms with E-state index in [0.29, 0.717) is 9.80 Å². The van der Waals surface area contributed by atoms with Crippen molar-refractivity contribution in [1.82, 2.24) is 20.4 Å². The molecule has 0 aromatic heterocycles. The van der Waals surface area contributed by atoms with Crippen LogP contribution >= 0.6 is 0 Å². The van der Waals surface area contributed by atoms with Crippen LogP contribution in [0, 0.1) is 5.41 Å². The minimum atomic E-state index is -3.31. The molecular formula is C14H14N4O10. The number of nitrogens with one attached hydrogen (secondary N) is 2. The SMILES string of the molecule is CCN1C(=O)C2(C1=O)C(=O)N(CNC(=O)C(OC=O)(C(=O)O)C(=O)NC)C2=O. The molecule has 2 saturated heterocycles. The van der Waals surface area contributed by atoms with Gasteiger partial charge in [-0.3, -0.25) is 43.4 Å². The highest BCUT2D eigenvalue weighted by atomic mass is 16.6. The Morgan fingerprint density at radius 2 is 1.57 bits per heavy atom. The Balaban J connectivity index is 2.16. The van der Waals surface area contributed by atoms with Crippen molar-refractivity contribution in [3.05, 3.63) is 0 Å². The lowest BCUT2D eigenvalue weighted by Crippen LogP contribution is -2.84. The summed E-state index contributed by atoms with van der Waals surface area (Å²) in [4.78, 5) is 95.2. The van der Waals surface area contributed by atoms with Gasteiger partial charge in [0.1, 0.15) is 6.67 Å². The number of carboxylic acids is 1. The molecule has 2 rings (SSSR count). The van der Waals surface area contributed by atoms with E-state index in [1.807, 2.05) is 5.32 Å². The third-order valence-electron chi connectivity index (χ3n) is 4.37.